The summed E-state index contributed by atoms with van der Waals surface area (Å²) in [5.74, 6) is 0. The summed E-state index contributed by atoms with van der Waals surface area (Å²) >= 11 is 0. The molecule has 2 nitrogen and oxygen atoms in total. The molecule has 0 aromatic carbocycles. The highest BCUT2D eigenvalue weighted by Crippen LogP contribution is 2.02. The summed E-state index contributed by atoms with van der Waals surface area (Å²) < 4.78 is 5.43. The smallest absolute Gasteiger partial charge is 0.0571 e. The molecule has 0 heterocycles. The Bertz CT molecular complexity index is 81.6. The Morgan fingerprint density at radius 3 is 2.45 bits per heavy atom. The van der Waals surface area contributed by atoms with Crippen molar-refractivity contribution in [3.05, 3.63) is 0 Å². The molecule has 0 aromatic rings. The van der Waals surface area contributed by atoms with Gasteiger partial charge in [0.05, 0.1) is 12.2 Å². The Morgan fingerprint density at radius 2 is 2.00 bits per heavy atom. The summed E-state index contributed by atoms with van der Waals surface area (Å²) in [5.41, 5.74) is 0. The predicted octanol–water partition coefficient (Wildman–Crippen LogP) is 1.96. The lowest BCUT2D eigenvalue weighted by molar-refractivity contribution is 0.0279. The van der Waals surface area contributed by atoms with Gasteiger partial charge in [-0.05, 0) is 26.7 Å². The van der Waals surface area contributed by atoms with Crippen molar-refractivity contribution in [1.82, 2.24) is 0 Å². The zero-order valence-corrected chi connectivity index (χ0v) is 7.84. The highest BCUT2D eigenvalue weighted by Gasteiger charge is 2.04. The van der Waals surface area contributed by atoms with Gasteiger partial charge in [0.25, 0.3) is 0 Å². The maximum Gasteiger partial charge on any atom is 0.0571 e. The van der Waals surface area contributed by atoms with Crippen LogP contribution in [0.2, 0.25) is 0 Å². The van der Waals surface area contributed by atoms with E-state index in [4.69, 9.17) is 9.84 Å². The lowest BCUT2D eigenvalue weighted by Crippen LogP contribution is -2.15. The lowest BCUT2D eigenvalue weighted by Gasteiger charge is -2.13. The second-order valence-electron chi connectivity index (χ2n) is 3.12. The molecule has 0 saturated carbocycles. The van der Waals surface area contributed by atoms with Crippen LogP contribution in [-0.2, 0) is 4.74 Å². The molecule has 0 aliphatic heterocycles. The maximum absolute atomic E-state index is 9.00. The summed E-state index contributed by atoms with van der Waals surface area (Å²) in [6, 6.07) is 0. The van der Waals surface area contributed by atoms with Crippen molar-refractivity contribution in [2.75, 3.05) is 6.61 Å². The van der Waals surface area contributed by atoms with Gasteiger partial charge in [-0.15, -0.1) is 0 Å². The Kier molecular flexibility index (Phi) is 6.57. The average molecular weight is 160 g/mol. The van der Waals surface area contributed by atoms with E-state index in [9.17, 15) is 0 Å². The fraction of sp³-hybridized carbons (Fsp3) is 1.00. The lowest BCUT2D eigenvalue weighted by atomic mass is 10.2. The highest BCUT2D eigenvalue weighted by atomic mass is 16.5. The van der Waals surface area contributed by atoms with Crippen LogP contribution in [0.5, 0.6) is 0 Å². The molecule has 1 N–H and O–H groups in total. The number of rotatable bonds is 6. The third-order valence-corrected chi connectivity index (χ3v) is 1.57. The van der Waals surface area contributed by atoms with Crippen molar-refractivity contribution >= 4 is 0 Å². The molecule has 0 aliphatic carbocycles. The molecular weight excluding hydrogens is 140 g/mol. The standard InChI is InChI=1S/C9H20O2/c1-4-5-6-11-9(3)7-8(2)10/h8-10H,4-7H2,1-3H3. The van der Waals surface area contributed by atoms with Gasteiger partial charge in [0, 0.05) is 6.61 Å². The molecule has 0 amide bonds. The van der Waals surface area contributed by atoms with Crippen LogP contribution in [0.1, 0.15) is 40.0 Å². The Balaban J connectivity index is 3.15. The minimum atomic E-state index is -0.244. The van der Waals surface area contributed by atoms with Crippen molar-refractivity contribution in [3.63, 3.8) is 0 Å². The van der Waals surface area contributed by atoms with Gasteiger partial charge in [0.1, 0.15) is 0 Å². The van der Waals surface area contributed by atoms with Crippen molar-refractivity contribution in [2.24, 2.45) is 0 Å². The highest BCUT2D eigenvalue weighted by molar-refractivity contribution is 4.55. The quantitative estimate of drug-likeness (QED) is 0.602. The summed E-state index contributed by atoms with van der Waals surface area (Å²) in [5, 5.41) is 9.00. The fourth-order valence-electron chi connectivity index (χ4n) is 0.977. The normalized spacial score (nSPS) is 16.4. The molecule has 0 saturated heterocycles. The Hall–Kier alpha value is -0.0800. The zero-order chi connectivity index (χ0) is 8.69. The van der Waals surface area contributed by atoms with Crippen LogP contribution in [0.15, 0.2) is 0 Å². The first kappa shape index (κ1) is 10.9. The van der Waals surface area contributed by atoms with Crippen LogP contribution < -0.4 is 0 Å². The second-order valence-corrected chi connectivity index (χ2v) is 3.12. The van der Waals surface area contributed by atoms with Crippen LogP contribution in [0.3, 0.4) is 0 Å². The van der Waals surface area contributed by atoms with Gasteiger partial charge in [-0.25, -0.2) is 0 Å². The third kappa shape index (κ3) is 7.82. The van der Waals surface area contributed by atoms with Gasteiger partial charge in [-0.2, -0.15) is 0 Å². The average Bonchev–Trinajstić information content (AvgIpc) is 1.86. The molecular formula is C9H20O2. The second kappa shape index (κ2) is 6.62. The predicted molar refractivity (Wildman–Crippen MR) is 46.6 cm³/mol. The van der Waals surface area contributed by atoms with E-state index in [2.05, 4.69) is 6.92 Å². The zero-order valence-electron chi connectivity index (χ0n) is 7.84. The minimum Gasteiger partial charge on any atom is -0.393 e. The van der Waals surface area contributed by atoms with Crippen LogP contribution in [0, 0.1) is 0 Å². The molecule has 0 rings (SSSR count). The SMILES string of the molecule is CCCCOC(C)CC(C)O. The maximum atomic E-state index is 9.00. The van der Waals surface area contributed by atoms with Gasteiger partial charge in [-0.3, -0.25) is 0 Å². The van der Waals surface area contributed by atoms with E-state index in [1.54, 1.807) is 6.92 Å². The topological polar surface area (TPSA) is 29.5 Å². The summed E-state index contributed by atoms with van der Waals surface area (Å²) in [6.45, 7) is 6.76. The molecule has 2 heteroatoms. The van der Waals surface area contributed by atoms with E-state index in [1.807, 2.05) is 6.92 Å². The molecule has 0 aliphatic rings. The molecule has 0 bridgehead atoms. The molecule has 2 unspecified atom stereocenters. The van der Waals surface area contributed by atoms with Crippen molar-refractivity contribution < 1.29 is 9.84 Å². The first-order valence-corrected chi connectivity index (χ1v) is 4.46. The molecule has 0 fully saturated rings. The number of hydrogen-bond donors (Lipinski definition) is 1. The van der Waals surface area contributed by atoms with E-state index in [0.717, 1.165) is 19.4 Å². The van der Waals surface area contributed by atoms with Crippen LogP contribution in [0.25, 0.3) is 0 Å². The summed E-state index contributed by atoms with van der Waals surface area (Å²) in [6.07, 6.45) is 2.98. The van der Waals surface area contributed by atoms with E-state index in [1.165, 1.54) is 6.42 Å². The summed E-state index contributed by atoms with van der Waals surface area (Å²) in [4.78, 5) is 0. The Labute approximate surface area is 69.6 Å². The van der Waals surface area contributed by atoms with E-state index >= 15 is 0 Å². The first-order valence-electron chi connectivity index (χ1n) is 4.46. The van der Waals surface area contributed by atoms with Crippen molar-refractivity contribution in [2.45, 2.75) is 52.2 Å². The largest absolute Gasteiger partial charge is 0.393 e. The van der Waals surface area contributed by atoms with Crippen LogP contribution in [0.4, 0.5) is 0 Å². The number of unbranched alkanes of at least 4 members (excludes halogenated alkanes) is 1. The molecule has 11 heavy (non-hydrogen) atoms. The molecule has 0 radical (unpaired) electrons. The Morgan fingerprint density at radius 1 is 1.36 bits per heavy atom. The van der Waals surface area contributed by atoms with Crippen molar-refractivity contribution in [3.8, 4) is 0 Å². The molecule has 68 valence electrons. The molecule has 0 aromatic heterocycles. The van der Waals surface area contributed by atoms with Gasteiger partial charge in [0.2, 0.25) is 0 Å². The van der Waals surface area contributed by atoms with Crippen LogP contribution in [-0.4, -0.2) is 23.9 Å². The fourth-order valence-corrected chi connectivity index (χ4v) is 0.977. The molecule has 0 spiro atoms. The third-order valence-electron chi connectivity index (χ3n) is 1.57. The van der Waals surface area contributed by atoms with Gasteiger partial charge in [-0.1, -0.05) is 13.3 Å². The van der Waals surface area contributed by atoms with E-state index in [0.29, 0.717) is 0 Å². The van der Waals surface area contributed by atoms with Crippen LogP contribution >= 0.6 is 0 Å². The number of aliphatic hydroxyl groups is 1. The number of aliphatic hydroxyl groups excluding tert-OH is 1. The number of ether oxygens (including phenoxy) is 1. The summed E-state index contributed by atoms with van der Waals surface area (Å²) in [7, 11) is 0. The van der Waals surface area contributed by atoms with Gasteiger partial charge >= 0.3 is 0 Å². The van der Waals surface area contributed by atoms with Crippen molar-refractivity contribution in [1.29, 1.82) is 0 Å². The van der Waals surface area contributed by atoms with E-state index in [-0.39, 0.29) is 12.2 Å². The number of hydrogen-bond acceptors (Lipinski definition) is 2. The first-order chi connectivity index (χ1) is 5.16. The van der Waals surface area contributed by atoms with E-state index < -0.39 is 0 Å². The monoisotopic (exact) mass is 160 g/mol. The minimum absolute atomic E-state index is 0.196. The van der Waals surface area contributed by atoms with Gasteiger partial charge < -0.3 is 9.84 Å². The van der Waals surface area contributed by atoms with Gasteiger partial charge in [0.15, 0.2) is 0 Å². The molecule has 2 atom stereocenters.